The number of rotatable bonds is 1. The summed E-state index contributed by atoms with van der Waals surface area (Å²) in [7, 11) is 0. The van der Waals surface area contributed by atoms with Crippen molar-refractivity contribution < 1.29 is 4.92 Å². The summed E-state index contributed by atoms with van der Waals surface area (Å²) >= 11 is 6.34. The van der Waals surface area contributed by atoms with Gasteiger partial charge in [0.15, 0.2) is 0 Å². The van der Waals surface area contributed by atoms with Gasteiger partial charge < -0.3 is 5.73 Å². The van der Waals surface area contributed by atoms with Crippen molar-refractivity contribution in [3.8, 4) is 0 Å². The summed E-state index contributed by atoms with van der Waals surface area (Å²) < 4.78 is 1.44. The Labute approximate surface area is 132 Å². The molecule has 0 radical (unpaired) electrons. The number of hydrogen-bond donors (Lipinski definition) is 1. The fourth-order valence-corrected chi connectivity index (χ4v) is 2.05. The van der Waals surface area contributed by atoms with E-state index in [0.717, 1.165) is 16.0 Å². The summed E-state index contributed by atoms with van der Waals surface area (Å²) in [6.07, 6.45) is 0. The molecule has 8 heteroatoms. The van der Waals surface area contributed by atoms with Crippen LogP contribution in [0.5, 0.6) is 0 Å². The van der Waals surface area contributed by atoms with Gasteiger partial charge in [0.25, 0.3) is 5.69 Å². The molecular weight excluding hydrogens is 392 g/mol. The first-order chi connectivity index (χ1) is 9.31. The zero-order chi connectivity index (χ0) is 15.3. The van der Waals surface area contributed by atoms with Crippen LogP contribution < -0.4 is 5.73 Å². The molecule has 0 bridgehead atoms. The van der Waals surface area contributed by atoms with Crippen molar-refractivity contribution in [2.24, 2.45) is 0 Å². The first-order valence-corrected chi connectivity index (χ1v) is 7.06. The van der Waals surface area contributed by atoms with E-state index < -0.39 is 4.92 Å². The molecule has 2 N–H and O–H groups in total. The van der Waals surface area contributed by atoms with E-state index in [1.807, 2.05) is 19.1 Å². The second-order valence-electron chi connectivity index (χ2n) is 3.80. The van der Waals surface area contributed by atoms with E-state index in [1.165, 1.54) is 6.07 Å². The molecule has 0 saturated heterocycles. The molecule has 2 rings (SSSR count). The quantitative estimate of drug-likeness (QED) is 0.443. The molecule has 20 heavy (non-hydrogen) atoms. The first kappa shape index (κ1) is 16.5. The molecule has 2 aromatic heterocycles. The lowest BCUT2D eigenvalue weighted by Crippen LogP contribution is -1.93. The van der Waals surface area contributed by atoms with Crippen LogP contribution in [0, 0.1) is 24.0 Å². The van der Waals surface area contributed by atoms with Crippen molar-refractivity contribution in [3.63, 3.8) is 0 Å². The molecule has 0 aliphatic heterocycles. The maximum Gasteiger partial charge on any atom is 0.290 e. The third-order valence-electron chi connectivity index (χ3n) is 2.31. The fourth-order valence-electron chi connectivity index (χ4n) is 1.26. The van der Waals surface area contributed by atoms with Crippen LogP contribution in [0.25, 0.3) is 0 Å². The SMILES string of the molecule is Cc1nc(Br)ccc1N.Cc1nc(Br)ccc1[N+](=O)[O-]. The van der Waals surface area contributed by atoms with Crippen LogP contribution in [-0.4, -0.2) is 14.9 Å². The van der Waals surface area contributed by atoms with E-state index in [0.29, 0.717) is 10.3 Å². The van der Waals surface area contributed by atoms with Gasteiger partial charge in [-0.05, 0) is 63.9 Å². The molecule has 0 aromatic carbocycles. The molecule has 6 nitrogen and oxygen atoms in total. The van der Waals surface area contributed by atoms with Gasteiger partial charge in [0.05, 0.1) is 16.3 Å². The molecule has 2 aromatic rings. The van der Waals surface area contributed by atoms with Gasteiger partial charge in [-0.3, -0.25) is 10.1 Å². The van der Waals surface area contributed by atoms with Crippen molar-refractivity contribution in [1.82, 2.24) is 9.97 Å². The van der Waals surface area contributed by atoms with Crippen LogP contribution in [0.2, 0.25) is 0 Å². The van der Waals surface area contributed by atoms with E-state index in [9.17, 15) is 10.1 Å². The van der Waals surface area contributed by atoms with E-state index in [-0.39, 0.29) is 5.69 Å². The summed E-state index contributed by atoms with van der Waals surface area (Å²) in [5.41, 5.74) is 7.57. The summed E-state index contributed by atoms with van der Waals surface area (Å²) in [5, 5.41) is 10.3. The third-order valence-corrected chi connectivity index (χ3v) is 3.20. The zero-order valence-corrected chi connectivity index (χ0v) is 14.0. The molecule has 0 unspecified atom stereocenters. The molecule has 0 aliphatic rings. The van der Waals surface area contributed by atoms with Crippen molar-refractivity contribution in [1.29, 1.82) is 0 Å². The highest BCUT2D eigenvalue weighted by molar-refractivity contribution is 9.10. The monoisotopic (exact) mass is 402 g/mol. The van der Waals surface area contributed by atoms with Gasteiger partial charge in [0.1, 0.15) is 14.9 Å². The number of nitrogens with zero attached hydrogens (tertiary/aromatic N) is 3. The smallest absolute Gasteiger partial charge is 0.290 e. The highest BCUT2D eigenvalue weighted by atomic mass is 79.9. The van der Waals surface area contributed by atoms with Crippen molar-refractivity contribution >= 4 is 43.2 Å². The lowest BCUT2D eigenvalue weighted by atomic mass is 10.3. The number of anilines is 1. The maximum atomic E-state index is 10.3. The lowest BCUT2D eigenvalue weighted by molar-refractivity contribution is -0.385. The average Bonchev–Trinajstić information content (AvgIpc) is 2.34. The number of pyridine rings is 2. The van der Waals surface area contributed by atoms with E-state index in [1.54, 1.807) is 13.0 Å². The molecule has 0 spiro atoms. The van der Waals surface area contributed by atoms with Gasteiger partial charge in [-0.1, -0.05) is 0 Å². The molecule has 0 aliphatic carbocycles. The molecule has 0 fully saturated rings. The maximum absolute atomic E-state index is 10.3. The average molecular weight is 404 g/mol. The molecule has 0 atom stereocenters. The van der Waals surface area contributed by atoms with Crippen LogP contribution in [0.15, 0.2) is 33.5 Å². The van der Waals surface area contributed by atoms with Gasteiger partial charge in [0.2, 0.25) is 0 Å². The molecule has 0 amide bonds. The highest BCUT2D eigenvalue weighted by Gasteiger charge is 2.10. The Morgan fingerprint density at radius 2 is 1.55 bits per heavy atom. The standard InChI is InChI=1S/C6H5BrN2O2.C6H7BrN2/c1-4-5(9(10)11)2-3-6(7)8-4;1-4-5(8)2-3-6(7)9-4/h2-3H,1H3;2-3H,8H2,1H3. The van der Waals surface area contributed by atoms with Gasteiger partial charge in [-0.15, -0.1) is 0 Å². The third kappa shape index (κ3) is 4.86. The predicted molar refractivity (Wildman–Crippen MR) is 84.4 cm³/mol. The number of halogens is 2. The molecular formula is C12H12Br2N4O2. The first-order valence-electron chi connectivity index (χ1n) is 5.47. The number of aryl methyl sites for hydroxylation is 2. The summed E-state index contributed by atoms with van der Waals surface area (Å²) in [4.78, 5) is 17.8. The Morgan fingerprint density at radius 1 is 1.05 bits per heavy atom. The number of nitrogens with two attached hydrogens (primary N) is 1. The molecule has 106 valence electrons. The predicted octanol–water partition coefficient (Wildman–Crippen LogP) is 3.80. The Balaban J connectivity index is 0.000000204. The van der Waals surface area contributed by atoms with Crippen LogP contribution >= 0.6 is 31.9 Å². The van der Waals surface area contributed by atoms with Gasteiger partial charge >= 0.3 is 0 Å². The minimum Gasteiger partial charge on any atom is -0.397 e. The highest BCUT2D eigenvalue weighted by Crippen LogP contribution is 2.17. The number of nitrogen functional groups attached to an aromatic ring is 1. The van der Waals surface area contributed by atoms with Gasteiger partial charge in [0, 0.05) is 6.07 Å². The van der Waals surface area contributed by atoms with Crippen LogP contribution in [-0.2, 0) is 0 Å². The Morgan fingerprint density at radius 3 is 1.95 bits per heavy atom. The minimum atomic E-state index is -0.450. The van der Waals surface area contributed by atoms with Crippen LogP contribution in [0.1, 0.15) is 11.4 Å². The number of hydrogen-bond acceptors (Lipinski definition) is 5. The number of aromatic nitrogens is 2. The van der Waals surface area contributed by atoms with Crippen LogP contribution in [0.3, 0.4) is 0 Å². The fraction of sp³-hybridized carbons (Fsp3) is 0.167. The Kier molecular flexibility index (Phi) is 6.03. The largest absolute Gasteiger partial charge is 0.397 e. The summed E-state index contributed by atoms with van der Waals surface area (Å²) in [6, 6.07) is 6.62. The van der Waals surface area contributed by atoms with Crippen LogP contribution in [0.4, 0.5) is 11.4 Å². The Hall–Kier alpha value is -1.54. The van der Waals surface area contributed by atoms with Crippen molar-refractivity contribution in [2.45, 2.75) is 13.8 Å². The van der Waals surface area contributed by atoms with E-state index >= 15 is 0 Å². The summed E-state index contributed by atoms with van der Waals surface area (Å²) in [5.74, 6) is 0. The molecule has 0 saturated carbocycles. The van der Waals surface area contributed by atoms with E-state index in [2.05, 4.69) is 41.8 Å². The normalized spacial score (nSPS) is 9.60. The lowest BCUT2D eigenvalue weighted by Gasteiger charge is -1.96. The zero-order valence-electron chi connectivity index (χ0n) is 10.8. The topological polar surface area (TPSA) is 94.9 Å². The second-order valence-corrected chi connectivity index (χ2v) is 5.43. The minimum absolute atomic E-state index is 0.0493. The molecule has 2 heterocycles. The van der Waals surface area contributed by atoms with Crippen molar-refractivity contribution in [2.75, 3.05) is 5.73 Å². The van der Waals surface area contributed by atoms with Gasteiger partial charge in [-0.2, -0.15) is 0 Å². The number of nitro groups is 1. The van der Waals surface area contributed by atoms with E-state index in [4.69, 9.17) is 5.73 Å². The van der Waals surface area contributed by atoms with Gasteiger partial charge in [-0.25, -0.2) is 9.97 Å². The Bertz CT molecular complexity index is 635. The summed E-state index contributed by atoms with van der Waals surface area (Å²) in [6.45, 7) is 3.48. The van der Waals surface area contributed by atoms with Crippen molar-refractivity contribution in [3.05, 3.63) is 55.0 Å². The second kappa shape index (κ2) is 7.30.